The zero-order valence-corrected chi connectivity index (χ0v) is 8.66. The van der Waals surface area contributed by atoms with E-state index in [0.29, 0.717) is 0 Å². The SMILES string of the molecule is CCC[NH2+]CCC(C)C.O=[N+]([O-])[O-]. The summed E-state index contributed by atoms with van der Waals surface area (Å²) >= 11 is 0. The van der Waals surface area contributed by atoms with Crippen LogP contribution in [-0.2, 0) is 0 Å². The largest absolute Gasteiger partial charge is 0.356 e. The van der Waals surface area contributed by atoms with E-state index >= 15 is 0 Å². The number of nitrogens with zero attached hydrogens (tertiary/aromatic N) is 1. The maximum Gasteiger partial charge on any atom is 0.0757 e. The second-order valence-corrected chi connectivity index (χ2v) is 3.27. The summed E-state index contributed by atoms with van der Waals surface area (Å²) in [5.74, 6) is 0.873. The van der Waals surface area contributed by atoms with E-state index in [0.717, 1.165) is 5.92 Å². The molecule has 0 saturated heterocycles. The van der Waals surface area contributed by atoms with Crippen LogP contribution >= 0.6 is 0 Å². The van der Waals surface area contributed by atoms with E-state index in [9.17, 15) is 0 Å². The van der Waals surface area contributed by atoms with Gasteiger partial charge >= 0.3 is 0 Å². The molecule has 0 heterocycles. The molecule has 13 heavy (non-hydrogen) atoms. The smallest absolute Gasteiger partial charge is 0.0757 e. The van der Waals surface area contributed by atoms with Gasteiger partial charge in [-0.05, 0) is 18.8 Å². The molecule has 80 valence electrons. The Morgan fingerprint density at radius 2 is 1.77 bits per heavy atom. The van der Waals surface area contributed by atoms with Crippen LogP contribution in [0.25, 0.3) is 0 Å². The maximum absolute atomic E-state index is 8.25. The Labute approximate surface area is 79.3 Å². The normalized spacial score (nSPS) is 9.23. The Kier molecular flexibility index (Phi) is 12.6. The van der Waals surface area contributed by atoms with Crippen molar-refractivity contribution in [2.24, 2.45) is 5.92 Å². The van der Waals surface area contributed by atoms with Crippen molar-refractivity contribution in [2.45, 2.75) is 33.6 Å². The zero-order chi connectivity index (χ0) is 10.7. The molecule has 0 radical (unpaired) electrons. The molecule has 5 heteroatoms. The van der Waals surface area contributed by atoms with E-state index in [1.807, 2.05) is 0 Å². The third-order valence-electron chi connectivity index (χ3n) is 1.44. The number of nitrogens with two attached hydrogens (primary N) is 1. The Morgan fingerprint density at radius 3 is 2.08 bits per heavy atom. The molecule has 0 amide bonds. The lowest BCUT2D eigenvalue weighted by molar-refractivity contribution is -0.655. The van der Waals surface area contributed by atoms with Gasteiger partial charge in [-0.15, -0.1) is 0 Å². The third-order valence-corrected chi connectivity index (χ3v) is 1.44. The van der Waals surface area contributed by atoms with Gasteiger partial charge in [-0.1, -0.05) is 20.8 Å². The summed E-state index contributed by atoms with van der Waals surface area (Å²) in [6.45, 7) is 9.39. The summed E-state index contributed by atoms with van der Waals surface area (Å²) in [6, 6.07) is 0. The summed E-state index contributed by atoms with van der Waals surface area (Å²) in [6.07, 6.45) is 2.66. The van der Waals surface area contributed by atoms with E-state index in [4.69, 9.17) is 15.3 Å². The monoisotopic (exact) mass is 192 g/mol. The first-order valence-corrected chi connectivity index (χ1v) is 4.63. The quantitative estimate of drug-likeness (QED) is 0.396. The van der Waals surface area contributed by atoms with Gasteiger partial charge in [0.2, 0.25) is 0 Å². The van der Waals surface area contributed by atoms with Crippen molar-refractivity contribution in [3.63, 3.8) is 0 Å². The van der Waals surface area contributed by atoms with Crippen molar-refractivity contribution in [2.75, 3.05) is 13.1 Å². The van der Waals surface area contributed by atoms with Crippen LogP contribution in [-0.4, -0.2) is 18.2 Å². The molecule has 2 N–H and O–H groups in total. The summed E-state index contributed by atoms with van der Waals surface area (Å²) in [5.41, 5.74) is 0. The first kappa shape index (κ1) is 14.7. The summed E-state index contributed by atoms with van der Waals surface area (Å²) in [5, 5.41) is 17.2. The van der Waals surface area contributed by atoms with Gasteiger partial charge in [0.15, 0.2) is 0 Å². The van der Waals surface area contributed by atoms with Crippen molar-refractivity contribution in [3.8, 4) is 0 Å². The molecule has 0 aliphatic rings. The van der Waals surface area contributed by atoms with Gasteiger partial charge < -0.3 is 20.6 Å². The van der Waals surface area contributed by atoms with Crippen LogP contribution in [0.3, 0.4) is 0 Å². The summed E-state index contributed by atoms with van der Waals surface area (Å²) in [7, 11) is 0. The molecule has 0 aliphatic carbocycles. The van der Waals surface area contributed by atoms with Gasteiger partial charge in [0.1, 0.15) is 0 Å². The highest BCUT2D eigenvalue weighted by atomic mass is 16.9. The van der Waals surface area contributed by atoms with E-state index in [-0.39, 0.29) is 0 Å². The van der Waals surface area contributed by atoms with Crippen LogP contribution < -0.4 is 5.32 Å². The molecular formula is C8H20N2O3. The Hall–Kier alpha value is -0.840. The molecule has 0 aliphatic heterocycles. The molecule has 0 atom stereocenters. The molecule has 0 bridgehead atoms. The first-order chi connectivity index (χ1) is 6.00. The topological polar surface area (TPSA) is 82.8 Å². The third kappa shape index (κ3) is 35.2. The first-order valence-electron chi connectivity index (χ1n) is 4.63. The molecule has 0 unspecified atom stereocenters. The number of hydrogen-bond donors (Lipinski definition) is 1. The zero-order valence-electron chi connectivity index (χ0n) is 8.66. The fourth-order valence-electron chi connectivity index (χ4n) is 0.800. The molecule has 0 aromatic rings. The highest BCUT2D eigenvalue weighted by Crippen LogP contribution is 1.93. The Balaban J connectivity index is 0. The minimum atomic E-state index is -1.75. The second-order valence-electron chi connectivity index (χ2n) is 3.27. The lowest BCUT2D eigenvalue weighted by Crippen LogP contribution is -2.84. The van der Waals surface area contributed by atoms with Gasteiger partial charge in [-0.25, -0.2) is 0 Å². The molecule has 0 aromatic carbocycles. The molecule has 5 nitrogen and oxygen atoms in total. The molecule has 0 fully saturated rings. The fourth-order valence-corrected chi connectivity index (χ4v) is 0.800. The average molecular weight is 192 g/mol. The lowest BCUT2D eigenvalue weighted by atomic mass is 10.1. The van der Waals surface area contributed by atoms with Crippen LogP contribution in [0.1, 0.15) is 33.6 Å². The van der Waals surface area contributed by atoms with Gasteiger partial charge in [-0.2, -0.15) is 0 Å². The van der Waals surface area contributed by atoms with Gasteiger partial charge in [0.25, 0.3) is 0 Å². The number of quaternary nitrogens is 1. The van der Waals surface area contributed by atoms with Crippen LogP contribution in [0.5, 0.6) is 0 Å². The maximum atomic E-state index is 8.25. The molecule has 0 aromatic heterocycles. The minimum absolute atomic E-state index is 0.873. The standard InChI is InChI=1S/C8H19N.NO3/c1-4-6-9-7-5-8(2)3;2-1(3)4/h8-9H,4-7H2,1-3H3;/q;-1/p+1. The highest BCUT2D eigenvalue weighted by Gasteiger charge is 1.93. The van der Waals surface area contributed by atoms with Gasteiger partial charge in [0, 0.05) is 0 Å². The van der Waals surface area contributed by atoms with Crippen molar-refractivity contribution in [1.82, 2.24) is 0 Å². The van der Waals surface area contributed by atoms with E-state index in [1.54, 1.807) is 0 Å². The number of rotatable bonds is 5. The molecule has 0 spiro atoms. The highest BCUT2D eigenvalue weighted by molar-refractivity contribution is 4.39. The predicted octanol–water partition coefficient (Wildman–Crippen LogP) is 0.767. The van der Waals surface area contributed by atoms with Crippen LogP contribution in [0.15, 0.2) is 0 Å². The predicted molar refractivity (Wildman–Crippen MR) is 51.8 cm³/mol. The fraction of sp³-hybridized carbons (Fsp3) is 1.00. The Bertz CT molecular complexity index is 114. The van der Waals surface area contributed by atoms with Crippen LogP contribution in [0.4, 0.5) is 0 Å². The van der Waals surface area contributed by atoms with Gasteiger partial charge in [-0.3, -0.25) is 0 Å². The van der Waals surface area contributed by atoms with E-state index in [2.05, 4.69) is 26.1 Å². The Morgan fingerprint density at radius 1 is 1.31 bits per heavy atom. The number of hydrogen-bond acceptors (Lipinski definition) is 3. The van der Waals surface area contributed by atoms with Crippen molar-refractivity contribution >= 4 is 0 Å². The molecule has 0 rings (SSSR count). The lowest BCUT2D eigenvalue weighted by Gasteiger charge is -2.01. The van der Waals surface area contributed by atoms with Crippen LogP contribution in [0, 0.1) is 21.2 Å². The molecule has 0 saturated carbocycles. The van der Waals surface area contributed by atoms with E-state index < -0.39 is 5.09 Å². The summed E-state index contributed by atoms with van der Waals surface area (Å²) in [4.78, 5) is 8.25. The van der Waals surface area contributed by atoms with Crippen molar-refractivity contribution < 1.29 is 10.4 Å². The van der Waals surface area contributed by atoms with Crippen molar-refractivity contribution in [1.29, 1.82) is 0 Å². The van der Waals surface area contributed by atoms with Crippen LogP contribution in [0.2, 0.25) is 0 Å². The van der Waals surface area contributed by atoms with E-state index in [1.165, 1.54) is 25.9 Å². The molecular weight excluding hydrogens is 172 g/mol. The average Bonchev–Trinajstić information content (AvgIpc) is 1.97. The summed E-state index contributed by atoms with van der Waals surface area (Å²) < 4.78 is 0. The van der Waals surface area contributed by atoms with Gasteiger partial charge in [0.05, 0.1) is 18.2 Å². The second kappa shape index (κ2) is 11.2. The minimum Gasteiger partial charge on any atom is -0.356 e. The van der Waals surface area contributed by atoms with Crippen molar-refractivity contribution in [3.05, 3.63) is 15.3 Å².